The zero-order valence-electron chi connectivity index (χ0n) is 18.9. The molecule has 18 heteroatoms. The number of rotatable bonds is 9. The standard InChI is InChI=1S/C19H23F3N2O11P2/c1-18(20,36(29,30)31)37(32,33)34-9-12-14(26)15(27)16(35-12)23-8-7-13(25)24(17(23)28)10-19(21,22)11-5-3-2-4-6-11/h2-8,12,14-16,26-27H,9-10H2,1H3,(H,32,33)(H2,29,30,31)/t12-,14+,15+,16-,18?/m1/s1. The predicted molar refractivity (Wildman–Crippen MR) is 119 cm³/mol. The van der Waals surface area contributed by atoms with Crippen LogP contribution in [-0.4, -0.2) is 64.1 Å². The smallest absolute Gasteiger partial charge is 0.377 e. The van der Waals surface area contributed by atoms with Crippen molar-refractivity contribution in [3.63, 3.8) is 0 Å². The Morgan fingerprint density at radius 3 is 2.19 bits per heavy atom. The van der Waals surface area contributed by atoms with Crippen molar-refractivity contribution in [2.24, 2.45) is 0 Å². The molecule has 2 unspecified atom stereocenters. The number of halogens is 3. The van der Waals surface area contributed by atoms with Crippen molar-refractivity contribution in [3.8, 4) is 0 Å². The van der Waals surface area contributed by atoms with Crippen molar-refractivity contribution in [3.05, 3.63) is 69.0 Å². The van der Waals surface area contributed by atoms with Gasteiger partial charge in [0.2, 0.25) is 0 Å². The lowest BCUT2D eigenvalue weighted by Gasteiger charge is -2.27. The van der Waals surface area contributed by atoms with Crippen LogP contribution < -0.4 is 11.2 Å². The summed E-state index contributed by atoms with van der Waals surface area (Å²) in [5, 5.41) is 16.5. The summed E-state index contributed by atoms with van der Waals surface area (Å²) in [6, 6.07) is 7.06. The molecular formula is C19H23F3N2O11P2. The van der Waals surface area contributed by atoms with Gasteiger partial charge < -0.3 is 34.2 Å². The topological polar surface area (TPSA) is 198 Å². The van der Waals surface area contributed by atoms with Crippen LogP contribution in [0.15, 0.2) is 52.2 Å². The first kappa shape index (κ1) is 29.4. The van der Waals surface area contributed by atoms with Crippen molar-refractivity contribution in [1.82, 2.24) is 9.13 Å². The number of nitrogens with zero attached hydrogens (tertiary/aromatic N) is 2. The maximum absolute atomic E-state index is 14.7. The summed E-state index contributed by atoms with van der Waals surface area (Å²) in [5.74, 6) is -3.66. The number of benzene rings is 1. The molecule has 1 aliphatic heterocycles. The Hall–Kier alpha value is -2.13. The number of hydrogen-bond donors (Lipinski definition) is 5. The summed E-state index contributed by atoms with van der Waals surface area (Å²) in [7, 11) is -11.5. The van der Waals surface area contributed by atoms with E-state index in [9.17, 15) is 47.0 Å². The Morgan fingerprint density at radius 2 is 1.62 bits per heavy atom. The van der Waals surface area contributed by atoms with Gasteiger partial charge in [0.05, 0.1) is 13.2 Å². The Morgan fingerprint density at radius 1 is 1.03 bits per heavy atom. The first-order valence-corrected chi connectivity index (χ1v) is 13.6. The van der Waals surface area contributed by atoms with Gasteiger partial charge in [0, 0.05) is 17.8 Å². The second-order valence-electron chi connectivity index (χ2n) is 8.31. The summed E-state index contributed by atoms with van der Waals surface area (Å²) in [4.78, 5) is 52.7. The monoisotopic (exact) mass is 574 g/mol. The molecule has 1 aromatic heterocycles. The van der Waals surface area contributed by atoms with Crippen LogP contribution in [0.4, 0.5) is 13.2 Å². The van der Waals surface area contributed by atoms with E-state index in [0.29, 0.717) is 4.57 Å². The van der Waals surface area contributed by atoms with Crippen LogP contribution in [-0.2, 0) is 30.9 Å². The summed E-state index contributed by atoms with van der Waals surface area (Å²) in [5.41, 5.74) is -2.94. The normalized spacial score (nSPS) is 26.0. The second kappa shape index (κ2) is 10.2. The highest BCUT2D eigenvalue weighted by Crippen LogP contribution is 2.72. The molecule has 2 aromatic rings. The van der Waals surface area contributed by atoms with Crippen molar-refractivity contribution in [2.45, 2.75) is 49.1 Å². The van der Waals surface area contributed by atoms with Gasteiger partial charge in [-0.3, -0.25) is 23.1 Å². The van der Waals surface area contributed by atoms with Gasteiger partial charge in [-0.25, -0.2) is 9.18 Å². The fourth-order valence-corrected chi connectivity index (χ4v) is 5.47. The molecule has 1 saturated heterocycles. The lowest BCUT2D eigenvalue weighted by molar-refractivity contribution is -0.0561. The molecule has 0 aliphatic carbocycles. The van der Waals surface area contributed by atoms with E-state index in [4.69, 9.17) is 14.5 Å². The fourth-order valence-electron chi connectivity index (χ4n) is 3.40. The summed E-state index contributed by atoms with van der Waals surface area (Å²) in [6.07, 6.45) is -6.68. The highest BCUT2D eigenvalue weighted by molar-refractivity contribution is 7.72. The number of aromatic nitrogens is 2. The molecule has 13 nitrogen and oxygen atoms in total. The lowest BCUT2D eigenvalue weighted by Crippen LogP contribution is -2.45. The Balaban J connectivity index is 1.85. The molecule has 0 bridgehead atoms. The molecule has 5 N–H and O–H groups in total. The molecule has 2 heterocycles. The summed E-state index contributed by atoms with van der Waals surface area (Å²) < 4.78 is 77.3. The molecule has 1 aromatic carbocycles. The van der Waals surface area contributed by atoms with E-state index in [1.807, 2.05) is 0 Å². The van der Waals surface area contributed by atoms with Crippen molar-refractivity contribution < 1.29 is 56.5 Å². The Bertz CT molecular complexity index is 1340. The molecule has 6 atom stereocenters. The molecule has 0 radical (unpaired) electrons. The average Bonchev–Trinajstić information content (AvgIpc) is 3.09. The summed E-state index contributed by atoms with van der Waals surface area (Å²) in [6.45, 7) is -2.42. The molecule has 206 valence electrons. The molecule has 1 aliphatic rings. The van der Waals surface area contributed by atoms with E-state index in [0.717, 1.165) is 24.4 Å². The minimum Gasteiger partial charge on any atom is -0.387 e. The van der Waals surface area contributed by atoms with Crippen molar-refractivity contribution in [1.29, 1.82) is 0 Å². The van der Waals surface area contributed by atoms with Gasteiger partial charge in [-0.05, 0) is 6.92 Å². The molecule has 0 amide bonds. The maximum atomic E-state index is 14.7. The van der Waals surface area contributed by atoms with Crippen molar-refractivity contribution in [2.75, 3.05) is 6.61 Å². The number of hydrogen-bond acceptors (Lipinski definition) is 8. The first-order valence-electron chi connectivity index (χ1n) is 10.4. The molecule has 1 fully saturated rings. The highest BCUT2D eigenvalue weighted by atomic mass is 31.2. The van der Waals surface area contributed by atoms with Crippen molar-refractivity contribution >= 4 is 15.2 Å². The van der Waals surface area contributed by atoms with E-state index >= 15 is 0 Å². The number of ether oxygens (including phenoxy) is 1. The molecule has 0 saturated carbocycles. The third-order valence-electron chi connectivity index (χ3n) is 5.72. The number of alkyl halides is 3. The van der Waals surface area contributed by atoms with Crippen LogP contribution in [0.1, 0.15) is 18.7 Å². The SMILES string of the molecule is CC(F)(P(=O)(O)O)P(=O)(O)OC[C@H]1O[C@@H](n2ccc(=O)n(CC(F)(F)c3ccccc3)c2=O)[C@@H](O)[C@H]1O. The van der Waals surface area contributed by atoms with Gasteiger partial charge in [-0.1, -0.05) is 30.3 Å². The van der Waals surface area contributed by atoms with E-state index < -0.39 is 80.8 Å². The zero-order chi connectivity index (χ0) is 28.0. The van der Waals surface area contributed by atoms with Crippen LogP contribution in [0.3, 0.4) is 0 Å². The largest absolute Gasteiger partial charge is 0.387 e. The molecule has 3 rings (SSSR count). The van der Waals surface area contributed by atoms with Gasteiger partial charge in [0.1, 0.15) is 18.3 Å². The predicted octanol–water partition coefficient (Wildman–Crippen LogP) is 0.444. The van der Waals surface area contributed by atoms with Gasteiger partial charge in [-0.2, -0.15) is 8.78 Å². The molecular weight excluding hydrogens is 551 g/mol. The summed E-state index contributed by atoms with van der Waals surface area (Å²) >= 11 is 0. The van der Waals surface area contributed by atoms with Gasteiger partial charge in [-0.15, -0.1) is 0 Å². The second-order valence-corrected chi connectivity index (χ2v) is 12.7. The highest BCUT2D eigenvalue weighted by Gasteiger charge is 2.60. The van der Waals surface area contributed by atoms with E-state index in [1.165, 1.54) is 18.2 Å². The fraction of sp³-hybridized carbons (Fsp3) is 0.474. The molecule has 0 spiro atoms. The van der Waals surface area contributed by atoms with Gasteiger partial charge >= 0.3 is 26.0 Å². The minimum absolute atomic E-state index is 0.131. The van der Waals surface area contributed by atoms with Gasteiger partial charge in [0.25, 0.3) is 11.5 Å². The van der Waals surface area contributed by atoms with Crippen LogP contribution in [0, 0.1) is 0 Å². The van der Waals surface area contributed by atoms with Gasteiger partial charge in [0.15, 0.2) is 6.23 Å². The quantitative estimate of drug-likeness (QED) is 0.261. The average molecular weight is 574 g/mol. The third-order valence-corrected chi connectivity index (χ3v) is 9.85. The van der Waals surface area contributed by atoms with Crippen LogP contribution >= 0.6 is 15.2 Å². The number of aliphatic hydroxyl groups excluding tert-OH is 2. The first-order chi connectivity index (χ1) is 16.9. The van der Waals surface area contributed by atoms with Crippen LogP contribution in [0.5, 0.6) is 0 Å². The van der Waals surface area contributed by atoms with E-state index in [1.54, 1.807) is 0 Å². The maximum Gasteiger partial charge on any atom is 0.377 e. The third kappa shape index (κ3) is 5.67. The Labute approximate surface area is 206 Å². The Kier molecular flexibility index (Phi) is 8.12. The minimum atomic E-state index is -5.79. The number of aliphatic hydroxyl groups is 2. The van der Waals surface area contributed by atoms with E-state index in [-0.39, 0.29) is 11.5 Å². The lowest BCUT2D eigenvalue weighted by atomic mass is 10.1. The van der Waals surface area contributed by atoms with E-state index in [2.05, 4.69) is 4.52 Å². The zero-order valence-corrected chi connectivity index (χ0v) is 20.7. The van der Waals surface area contributed by atoms with Crippen LogP contribution in [0.2, 0.25) is 0 Å². The molecule has 37 heavy (non-hydrogen) atoms. The van der Waals surface area contributed by atoms with Crippen LogP contribution in [0.25, 0.3) is 0 Å².